The van der Waals surface area contributed by atoms with E-state index < -0.39 is 0 Å². The van der Waals surface area contributed by atoms with Crippen molar-refractivity contribution in [2.24, 2.45) is 5.92 Å². The van der Waals surface area contributed by atoms with Crippen LogP contribution in [0.25, 0.3) is 0 Å². The Morgan fingerprint density at radius 3 is 3.05 bits per heavy atom. The molecule has 1 aromatic rings. The Morgan fingerprint density at radius 1 is 1.33 bits per heavy atom. The Bertz CT molecular complexity index is 503. The Balaban J connectivity index is 1.62. The van der Waals surface area contributed by atoms with Gasteiger partial charge in [-0.25, -0.2) is 0 Å². The van der Waals surface area contributed by atoms with E-state index >= 15 is 0 Å². The average Bonchev–Trinajstić information content (AvgIpc) is 3.12. The van der Waals surface area contributed by atoms with Gasteiger partial charge in [-0.15, -0.1) is 0 Å². The summed E-state index contributed by atoms with van der Waals surface area (Å²) in [5, 5.41) is 6.64. The molecular formula is C17H24N2O2. The molecule has 4 nitrogen and oxygen atoms in total. The third kappa shape index (κ3) is 3.11. The number of carbonyl (C=O) groups is 1. The molecule has 21 heavy (non-hydrogen) atoms. The van der Waals surface area contributed by atoms with Crippen molar-refractivity contribution < 1.29 is 9.53 Å². The van der Waals surface area contributed by atoms with E-state index in [1.807, 2.05) is 6.07 Å². The molecule has 0 aromatic heterocycles. The minimum Gasteiger partial charge on any atom is -0.379 e. The van der Waals surface area contributed by atoms with Crippen molar-refractivity contribution in [3.63, 3.8) is 0 Å². The maximum absolute atomic E-state index is 12.6. The number of hydrogen-bond donors (Lipinski definition) is 2. The summed E-state index contributed by atoms with van der Waals surface area (Å²) in [4.78, 5) is 12.6. The molecule has 1 amide bonds. The van der Waals surface area contributed by atoms with Crippen LogP contribution in [0, 0.1) is 5.92 Å². The molecule has 1 aromatic carbocycles. The van der Waals surface area contributed by atoms with Crippen LogP contribution in [0.4, 0.5) is 0 Å². The van der Waals surface area contributed by atoms with Crippen LogP contribution in [-0.2, 0) is 16.0 Å². The van der Waals surface area contributed by atoms with Gasteiger partial charge in [0.15, 0.2) is 0 Å². The van der Waals surface area contributed by atoms with E-state index in [-0.39, 0.29) is 23.9 Å². The van der Waals surface area contributed by atoms with Gasteiger partial charge in [0.1, 0.15) is 0 Å². The lowest BCUT2D eigenvalue weighted by Crippen LogP contribution is -2.44. The number of hydrogen-bond acceptors (Lipinski definition) is 3. The fourth-order valence-corrected chi connectivity index (χ4v) is 3.33. The summed E-state index contributed by atoms with van der Waals surface area (Å²) in [6, 6.07) is 8.73. The lowest BCUT2D eigenvalue weighted by molar-refractivity contribution is -0.126. The summed E-state index contributed by atoms with van der Waals surface area (Å²) in [5.41, 5.74) is 2.65. The second kappa shape index (κ2) is 6.58. The predicted molar refractivity (Wildman–Crippen MR) is 82.0 cm³/mol. The van der Waals surface area contributed by atoms with Gasteiger partial charge >= 0.3 is 0 Å². The maximum Gasteiger partial charge on any atom is 0.227 e. The fraction of sp³-hybridized carbons (Fsp3) is 0.588. The maximum atomic E-state index is 12.6. The summed E-state index contributed by atoms with van der Waals surface area (Å²) in [6.07, 6.45) is 3.13. The number of aryl methyl sites for hydroxylation is 1. The van der Waals surface area contributed by atoms with Gasteiger partial charge in [-0.05, 0) is 36.9 Å². The van der Waals surface area contributed by atoms with Crippen molar-refractivity contribution in [2.45, 2.75) is 38.3 Å². The van der Waals surface area contributed by atoms with Crippen molar-refractivity contribution in [1.29, 1.82) is 0 Å². The molecule has 114 valence electrons. The molecule has 1 aliphatic carbocycles. The molecule has 3 atom stereocenters. The van der Waals surface area contributed by atoms with E-state index in [0.717, 1.165) is 25.8 Å². The molecule has 1 aliphatic heterocycles. The molecule has 0 bridgehead atoms. The summed E-state index contributed by atoms with van der Waals surface area (Å²) >= 11 is 0. The lowest BCUT2D eigenvalue weighted by Gasteiger charge is -2.21. The van der Waals surface area contributed by atoms with Crippen molar-refractivity contribution in [1.82, 2.24) is 10.6 Å². The Hall–Kier alpha value is -1.39. The third-order valence-corrected chi connectivity index (χ3v) is 4.52. The first-order valence-electron chi connectivity index (χ1n) is 7.99. The summed E-state index contributed by atoms with van der Waals surface area (Å²) in [7, 11) is 0. The molecule has 3 rings (SSSR count). The average molecular weight is 288 g/mol. The van der Waals surface area contributed by atoms with Crippen LogP contribution < -0.4 is 10.6 Å². The zero-order valence-electron chi connectivity index (χ0n) is 12.6. The Morgan fingerprint density at radius 2 is 2.19 bits per heavy atom. The van der Waals surface area contributed by atoms with Crippen LogP contribution in [0.1, 0.15) is 36.9 Å². The molecule has 1 saturated heterocycles. The first kappa shape index (κ1) is 14.5. The van der Waals surface area contributed by atoms with Crippen LogP contribution in [0.15, 0.2) is 24.3 Å². The van der Waals surface area contributed by atoms with E-state index in [1.165, 1.54) is 11.1 Å². The highest BCUT2D eigenvalue weighted by molar-refractivity contribution is 5.80. The molecule has 1 fully saturated rings. The molecule has 0 radical (unpaired) electrons. The minimum atomic E-state index is -0.0655. The van der Waals surface area contributed by atoms with Crippen molar-refractivity contribution in [2.75, 3.05) is 19.8 Å². The first-order valence-corrected chi connectivity index (χ1v) is 7.99. The molecule has 0 saturated carbocycles. The van der Waals surface area contributed by atoms with Crippen LogP contribution in [-0.4, -0.2) is 31.7 Å². The van der Waals surface area contributed by atoms with Gasteiger partial charge in [-0.1, -0.05) is 31.2 Å². The standard InChI is InChI=1S/C17H24N2O2/c1-2-9-18-16-11-21-10-14(16)17(20)19-15-8-7-12-5-3-4-6-13(12)15/h3-6,14-16,18H,2,7-11H2,1H3,(H,19,20). The van der Waals surface area contributed by atoms with Gasteiger partial charge in [-0.2, -0.15) is 0 Å². The molecule has 2 aliphatic rings. The number of amides is 1. The minimum absolute atomic E-state index is 0.0655. The third-order valence-electron chi connectivity index (χ3n) is 4.52. The topological polar surface area (TPSA) is 50.4 Å². The smallest absolute Gasteiger partial charge is 0.227 e. The highest BCUT2D eigenvalue weighted by Crippen LogP contribution is 2.31. The predicted octanol–water partition coefficient (Wildman–Crippen LogP) is 1.80. The van der Waals surface area contributed by atoms with Crippen LogP contribution in [0.2, 0.25) is 0 Å². The zero-order valence-corrected chi connectivity index (χ0v) is 12.6. The van der Waals surface area contributed by atoms with Crippen LogP contribution >= 0.6 is 0 Å². The van der Waals surface area contributed by atoms with Gasteiger partial charge in [0, 0.05) is 6.04 Å². The molecule has 4 heteroatoms. The van der Waals surface area contributed by atoms with Crippen molar-refractivity contribution in [3.05, 3.63) is 35.4 Å². The van der Waals surface area contributed by atoms with Gasteiger partial charge in [0.2, 0.25) is 5.91 Å². The van der Waals surface area contributed by atoms with Gasteiger partial charge in [0.05, 0.1) is 25.2 Å². The van der Waals surface area contributed by atoms with Gasteiger partial charge in [-0.3, -0.25) is 4.79 Å². The number of benzene rings is 1. The quantitative estimate of drug-likeness (QED) is 0.869. The molecular weight excluding hydrogens is 264 g/mol. The number of ether oxygens (including phenoxy) is 1. The van der Waals surface area contributed by atoms with E-state index in [9.17, 15) is 4.79 Å². The van der Waals surface area contributed by atoms with Gasteiger partial charge < -0.3 is 15.4 Å². The van der Waals surface area contributed by atoms with E-state index in [4.69, 9.17) is 4.74 Å². The van der Waals surface area contributed by atoms with E-state index in [0.29, 0.717) is 13.2 Å². The second-order valence-corrected chi connectivity index (χ2v) is 6.00. The SMILES string of the molecule is CCCNC1COCC1C(=O)NC1CCc2ccccc21. The number of fused-ring (bicyclic) bond motifs is 1. The number of rotatable bonds is 5. The Kier molecular flexibility index (Phi) is 4.56. The lowest BCUT2D eigenvalue weighted by atomic mass is 10.0. The molecule has 0 spiro atoms. The molecule has 1 heterocycles. The zero-order chi connectivity index (χ0) is 14.7. The normalized spacial score (nSPS) is 27.6. The second-order valence-electron chi connectivity index (χ2n) is 6.00. The van der Waals surface area contributed by atoms with E-state index in [1.54, 1.807) is 0 Å². The summed E-state index contributed by atoms with van der Waals surface area (Å²) in [6.45, 7) is 4.23. The highest BCUT2D eigenvalue weighted by Gasteiger charge is 2.35. The fourth-order valence-electron chi connectivity index (χ4n) is 3.33. The van der Waals surface area contributed by atoms with E-state index in [2.05, 4.69) is 35.8 Å². The summed E-state index contributed by atoms with van der Waals surface area (Å²) in [5.74, 6) is 0.0621. The van der Waals surface area contributed by atoms with Crippen LogP contribution in [0.5, 0.6) is 0 Å². The number of nitrogens with one attached hydrogen (secondary N) is 2. The molecule has 3 unspecified atom stereocenters. The van der Waals surface area contributed by atoms with Crippen molar-refractivity contribution >= 4 is 5.91 Å². The summed E-state index contributed by atoms with van der Waals surface area (Å²) < 4.78 is 5.50. The van der Waals surface area contributed by atoms with Crippen LogP contribution in [0.3, 0.4) is 0 Å². The van der Waals surface area contributed by atoms with Crippen molar-refractivity contribution in [3.8, 4) is 0 Å². The largest absolute Gasteiger partial charge is 0.379 e. The first-order chi connectivity index (χ1) is 10.3. The Labute approximate surface area is 126 Å². The molecule has 2 N–H and O–H groups in total. The highest BCUT2D eigenvalue weighted by atomic mass is 16.5. The number of carbonyl (C=O) groups excluding carboxylic acids is 1. The van der Waals surface area contributed by atoms with Gasteiger partial charge in [0.25, 0.3) is 0 Å². The monoisotopic (exact) mass is 288 g/mol.